The minimum absolute atomic E-state index is 0.181. The lowest BCUT2D eigenvalue weighted by molar-refractivity contribution is 0.251. The summed E-state index contributed by atoms with van der Waals surface area (Å²) in [6, 6.07) is 6.58. The van der Waals surface area contributed by atoms with Gasteiger partial charge in [-0.2, -0.15) is 0 Å². The molecule has 26 heavy (non-hydrogen) atoms. The summed E-state index contributed by atoms with van der Waals surface area (Å²) in [5.74, 6) is 2.68. The summed E-state index contributed by atoms with van der Waals surface area (Å²) in [5.41, 5.74) is 1.31. The molecular weight excluding hydrogens is 336 g/mol. The van der Waals surface area contributed by atoms with Crippen molar-refractivity contribution >= 4 is 0 Å². The van der Waals surface area contributed by atoms with E-state index in [1.165, 1.54) is 0 Å². The van der Waals surface area contributed by atoms with E-state index >= 15 is 0 Å². The third-order valence-corrected chi connectivity index (χ3v) is 4.14. The van der Waals surface area contributed by atoms with Gasteiger partial charge in [0.25, 0.3) is 0 Å². The molecule has 2 rings (SSSR count). The number of aromatic hydroxyl groups is 2. The van der Waals surface area contributed by atoms with Gasteiger partial charge >= 0.3 is 0 Å². The smallest absolute Gasteiger partial charge is 0.167 e. The molecule has 0 aromatic heterocycles. The number of ether oxygens (including phenoxy) is 4. The highest BCUT2D eigenvalue weighted by Crippen LogP contribution is 2.37. The van der Waals surface area contributed by atoms with E-state index in [1.54, 1.807) is 52.3 Å². The summed E-state index contributed by atoms with van der Waals surface area (Å²) in [6.07, 6.45) is 1.59. The third-order valence-electron chi connectivity index (χ3n) is 4.14. The van der Waals surface area contributed by atoms with Crippen molar-refractivity contribution in [1.82, 2.24) is 0 Å². The van der Waals surface area contributed by atoms with Crippen molar-refractivity contribution in [1.29, 1.82) is 0 Å². The Morgan fingerprint density at radius 1 is 0.692 bits per heavy atom. The van der Waals surface area contributed by atoms with Gasteiger partial charge in [0.2, 0.25) is 0 Å². The highest BCUT2D eigenvalue weighted by molar-refractivity contribution is 5.53. The van der Waals surface area contributed by atoms with Crippen molar-refractivity contribution in [3.63, 3.8) is 0 Å². The Labute approximate surface area is 153 Å². The number of hydrogen-bond acceptors (Lipinski definition) is 6. The van der Waals surface area contributed by atoms with Crippen LogP contribution in [-0.4, -0.2) is 37.6 Å². The lowest BCUT2D eigenvalue weighted by atomic mass is 10.2. The third kappa shape index (κ3) is 4.45. The number of hydrogen-bond donors (Lipinski definition) is 2. The molecule has 0 atom stereocenters. The zero-order valence-electron chi connectivity index (χ0n) is 15.7. The van der Waals surface area contributed by atoms with E-state index in [1.807, 2.05) is 0 Å². The van der Waals surface area contributed by atoms with Gasteiger partial charge in [0.05, 0.1) is 27.4 Å². The fraction of sp³-hybridized carbons (Fsp3) is 0.400. The Morgan fingerprint density at radius 3 is 1.42 bits per heavy atom. The van der Waals surface area contributed by atoms with E-state index in [9.17, 15) is 10.2 Å². The van der Waals surface area contributed by atoms with Crippen LogP contribution in [0.2, 0.25) is 0 Å². The van der Waals surface area contributed by atoms with Crippen LogP contribution in [0.25, 0.3) is 0 Å². The Hall–Kier alpha value is -2.76. The van der Waals surface area contributed by atoms with Crippen LogP contribution in [0.1, 0.15) is 24.0 Å². The maximum atomic E-state index is 9.71. The topological polar surface area (TPSA) is 77.4 Å². The molecule has 0 aliphatic carbocycles. The van der Waals surface area contributed by atoms with Gasteiger partial charge in [0.1, 0.15) is 11.5 Å². The molecule has 0 saturated heterocycles. The number of phenolic OH excluding ortho intramolecular Hbond substituents is 2. The second kappa shape index (κ2) is 9.08. The average molecular weight is 362 g/mol. The Bertz CT molecular complexity index is 678. The van der Waals surface area contributed by atoms with Crippen LogP contribution in [-0.2, 0) is 0 Å². The molecule has 2 aromatic carbocycles. The van der Waals surface area contributed by atoms with E-state index in [0.29, 0.717) is 47.3 Å². The van der Waals surface area contributed by atoms with Crippen molar-refractivity contribution in [2.24, 2.45) is 0 Å². The van der Waals surface area contributed by atoms with Crippen LogP contribution >= 0.6 is 0 Å². The van der Waals surface area contributed by atoms with Crippen molar-refractivity contribution in [3.05, 3.63) is 35.4 Å². The molecule has 142 valence electrons. The van der Waals surface area contributed by atoms with Crippen LogP contribution in [0.15, 0.2) is 24.3 Å². The predicted molar refractivity (Wildman–Crippen MR) is 99.0 cm³/mol. The summed E-state index contributed by atoms with van der Waals surface area (Å²) < 4.78 is 22.1. The molecule has 2 N–H and O–H groups in total. The van der Waals surface area contributed by atoms with Gasteiger partial charge in [-0.3, -0.25) is 0 Å². The largest absolute Gasteiger partial charge is 0.508 e. The van der Waals surface area contributed by atoms with E-state index in [4.69, 9.17) is 18.9 Å². The molecular formula is C20H26O6. The summed E-state index contributed by atoms with van der Waals surface area (Å²) >= 11 is 0. The number of rotatable bonds is 9. The molecule has 6 nitrogen and oxygen atoms in total. The minimum Gasteiger partial charge on any atom is -0.508 e. The zero-order valence-corrected chi connectivity index (χ0v) is 15.7. The average Bonchev–Trinajstić information content (AvgIpc) is 2.64. The molecule has 6 heteroatoms. The monoisotopic (exact) mass is 362 g/mol. The van der Waals surface area contributed by atoms with E-state index in [-0.39, 0.29) is 11.5 Å². The van der Waals surface area contributed by atoms with Gasteiger partial charge in [-0.1, -0.05) is 0 Å². The fourth-order valence-electron chi connectivity index (χ4n) is 2.62. The summed E-state index contributed by atoms with van der Waals surface area (Å²) in [7, 11) is 3.10. The van der Waals surface area contributed by atoms with Crippen LogP contribution in [0.4, 0.5) is 0 Å². The van der Waals surface area contributed by atoms with E-state index < -0.39 is 0 Å². The first kappa shape index (κ1) is 19.6. The molecule has 0 heterocycles. The normalized spacial score (nSPS) is 10.5. The maximum Gasteiger partial charge on any atom is 0.167 e. The summed E-state index contributed by atoms with van der Waals surface area (Å²) in [4.78, 5) is 0. The Morgan fingerprint density at radius 2 is 1.08 bits per heavy atom. The molecule has 0 amide bonds. The lowest BCUT2D eigenvalue weighted by Crippen LogP contribution is -2.04. The van der Waals surface area contributed by atoms with Crippen molar-refractivity contribution in [2.75, 3.05) is 27.4 Å². The fourth-order valence-corrected chi connectivity index (χ4v) is 2.62. The SMILES string of the molecule is COc1c(OCCCCOc2ccc(O)c(C)c2OC)ccc(O)c1C. The van der Waals surface area contributed by atoms with Crippen LogP contribution in [0.5, 0.6) is 34.5 Å². The molecule has 2 aromatic rings. The van der Waals surface area contributed by atoms with Gasteiger partial charge in [-0.25, -0.2) is 0 Å². The van der Waals surface area contributed by atoms with Crippen molar-refractivity contribution in [2.45, 2.75) is 26.7 Å². The standard InChI is InChI=1S/C20H26O6/c1-13-15(21)7-9-17(19(13)23-3)25-11-5-6-12-26-18-10-8-16(22)14(2)20(18)24-4/h7-10,21-22H,5-6,11-12H2,1-4H3. The van der Waals surface area contributed by atoms with Crippen LogP contribution in [0.3, 0.4) is 0 Å². The number of phenols is 2. The van der Waals surface area contributed by atoms with Gasteiger partial charge in [0.15, 0.2) is 23.0 Å². The molecule has 0 unspecified atom stereocenters. The van der Waals surface area contributed by atoms with Gasteiger partial charge in [-0.15, -0.1) is 0 Å². The Kier molecular flexibility index (Phi) is 6.83. The lowest BCUT2D eigenvalue weighted by Gasteiger charge is -2.15. The van der Waals surface area contributed by atoms with Gasteiger partial charge in [0, 0.05) is 11.1 Å². The number of unbranched alkanes of at least 4 members (excludes halogenated alkanes) is 1. The number of benzene rings is 2. The summed E-state index contributed by atoms with van der Waals surface area (Å²) in [5, 5.41) is 19.4. The Balaban J connectivity index is 1.80. The first-order valence-electron chi connectivity index (χ1n) is 8.48. The highest BCUT2D eigenvalue weighted by Gasteiger charge is 2.12. The second-order valence-electron chi connectivity index (χ2n) is 5.89. The van der Waals surface area contributed by atoms with Crippen molar-refractivity contribution in [3.8, 4) is 34.5 Å². The molecule has 0 aliphatic rings. The van der Waals surface area contributed by atoms with Crippen molar-refractivity contribution < 1.29 is 29.2 Å². The first-order chi connectivity index (χ1) is 12.5. The van der Waals surface area contributed by atoms with E-state index in [0.717, 1.165) is 12.8 Å². The van der Waals surface area contributed by atoms with Gasteiger partial charge in [-0.05, 0) is 51.0 Å². The molecule has 0 fully saturated rings. The van der Waals surface area contributed by atoms with Crippen LogP contribution in [0, 0.1) is 13.8 Å². The van der Waals surface area contributed by atoms with Gasteiger partial charge < -0.3 is 29.2 Å². The molecule has 0 radical (unpaired) electrons. The van der Waals surface area contributed by atoms with Crippen LogP contribution < -0.4 is 18.9 Å². The molecule has 0 saturated carbocycles. The first-order valence-corrected chi connectivity index (χ1v) is 8.48. The van der Waals surface area contributed by atoms with E-state index in [2.05, 4.69) is 0 Å². The molecule has 0 bridgehead atoms. The molecule has 0 spiro atoms. The maximum absolute atomic E-state index is 9.71. The second-order valence-corrected chi connectivity index (χ2v) is 5.89. The highest BCUT2D eigenvalue weighted by atomic mass is 16.5. The molecule has 0 aliphatic heterocycles. The quantitative estimate of drug-likeness (QED) is 0.657. The zero-order chi connectivity index (χ0) is 19.1. The summed E-state index contributed by atoms with van der Waals surface area (Å²) in [6.45, 7) is 4.58. The minimum atomic E-state index is 0.181. The predicted octanol–water partition coefficient (Wildman–Crippen LogP) is 3.97. The number of methoxy groups -OCH3 is 2.